The average Bonchev–Trinajstić information content (AvgIpc) is 3.40. The summed E-state index contributed by atoms with van der Waals surface area (Å²) < 4.78 is 23.1. The predicted octanol–water partition coefficient (Wildman–Crippen LogP) is 3.01. The number of nitrogens with zero attached hydrogens (tertiary/aromatic N) is 3. The van der Waals surface area contributed by atoms with Gasteiger partial charge in [-0.1, -0.05) is 6.07 Å². The van der Waals surface area contributed by atoms with Crippen LogP contribution < -0.4 is 24.3 Å². The van der Waals surface area contributed by atoms with E-state index in [2.05, 4.69) is 16.3 Å². The topological polar surface area (TPSA) is 134 Å². The number of aromatic hydroxyl groups is 1. The quantitative estimate of drug-likeness (QED) is 0.425. The number of aryl methyl sites for hydroxylation is 1. The molecule has 4 atom stereocenters. The minimum absolute atomic E-state index is 0.00831. The fraction of sp³-hybridized carbons (Fsp3) is 0.433. The number of piperazine rings is 1. The van der Waals surface area contributed by atoms with Crippen molar-refractivity contribution in [2.45, 2.75) is 58.3 Å². The van der Waals surface area contributed by atoms with Gasteiger partial charge in [-0.25, -0.2) is 0 Å². The average molecular weight is 561 g/mol. The van der Waals surface area contributed by atoms with Crippen molar-refractivity contribution in [2.24, 2.45) is 0 Å². The molecular weight excluding hydrogens is 528 g/mol. The summed E-state index contributed by atoms with van der Waals surface area (Å²) in [5.74, 6) is 1.03. The van der Waals surface area contributed by atoms with Crippen LogP contribution in [0.4, 0.5) is 0 Å². The van der Waals surface area contributed by atoms with E-state index in [-0.39, 0.29) is 31.0 Å². The highest BCUT2D eigenvalue weighted by molar-refractivity contribution is 5.81. The first-order valence-corrected chi connectivity index (χ1v) is 13.5. The third-order valence-electron chi connectivity index (χ3n) is 8.60. The number of hydrogen-bond acceptors (Lipinski definition) is 10. The van der Waals surface area contributed by atoms with Crippen LogP contribution >= 0.6 is 0 Å². The number of nitrogens with one attached hydrogen (secondary N) is 1. The molecule has 11 nitrogen and oxygen atoms in total. The molecule has 4 heterocycles. The molecule has 0 spiro atoms. The van der Waals surface area contributed by atoms with Gasteiger partial charge in [-0.2, -0.15) is 5.26 Å². The number of fused-ring (bicyclic) bond motifs is 9. The Morgan fingerprint density at radius 1 is 1.20 bits per heavy atom. The third-order valence-corrected chi connectivity index (χ3v) is 8.60. The van der Waals surface area contributed by atoms with E-state index in [4.69, 9.17) is 18.9 Å². The summed E-state index contributed by atoms with van der Waals surface area (Å²) in [6.45, 7) is 6.62. The number of phenols is 1. The highest BCUT2D eigenvalue weighted by Gasteiger charge is 2.53. The molecule has 2 bridgehead atoms. The highest BCUT2D eigenvalue weighted by Crippen LogP contribution is 2.59. The van der Waals surface area contributed by atoms with Crippen molar-refractivity contribution in [1.82, 2.24) is 15.1 Å². The van der Waals surface area contributed by atoms with Crippen molar-refractivity contribution in [3.8, 4) is 34.8 Å². The lowest BCUT2D eigenvalue weighted by molar-refractivity contribution is -0.132. The zero-order valence-electron chi connectivity index (χ0n) is 23.8. The first-order valence-electron chi connectivity index (χ1n) is 13.5. The first-order chi connectivity index (χ1) is 19.6. The normalized spacial score (nSPS) is 23.4. The fourth-order valence-corrected chi connectivity index (χ4v) is 7.00. The van der Waals surface area contributed by atoms with Crippen molar-refractivity contribution in [1.29, 1.82) is 5.26 Å². The molecule has 6 rings (SSSR count). The molecule has 1 saturated heterocycles. The number of amides is 1. The Bertz CT molecular complexity index is 1580. The molecule has 1 fully saturated rings. The molecule has 0 saturated carbocycles. The van der Waals surface area contributed by atoms with E-state index < -0.39 is 24.1 Å². The predicted molar refractivity (Wildman–Crippen MR) is 147 cm³/mol. The Labute approximate surface area is 237 Å². The summed E-state index contributed by atoms with van der Waals surface area (Å²) in [6.07, 6.45) is 2.45. The van der Waals surface area contributed by atoms with Crippen molar-refractivity contribution in [3.05, 3.63) is 45.1 Å². The minimum atomic E-state index is -0.608. The number of esters is 1. The van der Waals surface area contributed by atoms with E-state index in [1.54, 1.807) is 6.92 Å². The molecule has 4 aliphatic heterocycles. The van der Waals surface area contributed by atoms with Crippen LogP contribution in [-0.2, 0) is 16.0 Å². The molecule has 0 radical (unpaired) electrons. The maximum absolute atomic E-state index is 12.3. The zero-order valence-corrected chi connectivity index (χ0v) is 23.8. The van der Waals surface area contributed by atoms with Crippen LogP contribution in [-0.4, -0.2) is 66.4 Å². The van der Waals surface area contributed by atoms with Crippen LogP contribution in [0.25, 0.3) is 6.08 Å². The van der Waals surface area contributed by atoms with E-state index >= 15 is 0 Å². The lowest BCUT2D eigenvalue weighted by atomic mass is 9.75. The number of phenolic OH excluding ortho intramolecular Hbond substituents is 1. The van der Waals surface area contributed by atoms with Gasteiger partial charge >= 0.3 is 5.97 Å². The molecule has 2 aromatic carbocycles. The van der Waals surface area contributed by atoms with Crippen LogP contribution in [0.1, 0.15) is 59.3 Å². The van der Waals surface area contributed by atoms with Crippen LogP contribution in [0.3, 0.4) is 0 Å². The Kier molecular flexibility index (Phi) is 6.26. The van der Waals surface area contributed by atoms with Gasteiger partial charge in [-0.3, -0.25) is 14.5 Å². The maximum Gasteiger partial charge on any atom is 0.308 e. The van der Waals surface area contributed by atoms with Gasteiger partial charge < -0.3 is 34.3 Å². The minimum Gasteiger partial charge on any atom is -0.504 e. The smallest absolute Gasteiger partial charge is 0.308 e. The monoisotopic (exact) mass is 560 g/mol. The second kappa shape index (κ2) is 9.59. The zero-order chi connectivity index (χ0) is 29.3. The molecule has 2 N–H and O–H groups in total. The number of carbonyl (C=O) groups is 2. The van der Waals surface area contributed by atoms with Gasteiger partial charge in [0.2, 0.25) is 12.7 Å². The first kappa shape index (κ1) is 26.8. The van der Waals surface area contributed by atoms with Crippen molar-refractivity contribution in [2.75, 3.05) is 27.5 Å². The van der Waals surface area contributed by atoms with E-state index in [0.29, 0.717) is 51.7 Å². The lowest BCUT2D eigenvalue weighted by Crippen LogP contribution is -2.62. The highest BCUT2D eigenvalue weighted by atomic mass is 16.7. The summed E-state index contributed by atoms with van der Waals surface area (Å²) in [7, 11) is 3.47. The molecular formula is C30H32N4O7. The number of carbonyl (C=O) groups excluding carboxylic acids is 2. The molecule has 2 aromatic rings. The summed E-state index contributed by atoms with van der Waals surface area (Å²) in [5, 5.41) is 25.1. The summed E-state index contributed by atoms with van der Waals surface area (Å²) >= 11 is 0. The van der Waals surface area contributed by atoms with Gasteiger partial charge in [0, 0.05) is 54.4 Å². The molecule has 41 heavy (non-hydrogen) atoms. The van der Waals surface area contributed by atoms with Crippen LogP contribution in [0.15, 0.2) is 11.8 Å². The second-order valence-electron chi connectivity index (χ2n) is 10.9. The van der Waals surface area contributed by atoms with E-state index in [1.807, 2.05) is 31.0 Å². The number of nitriles is 1. The number of ether oxygens (including phenoxy) is 4. The van der Waals surface area contributed by atoms with Gasteiger partial charge in [0.1, 0.15) is 11.8 Å². The fourth-order valence-electron chi connectivity index (χ4n) is 7.00. The van der Waals surface area contributed by atoms with E-state index in [9.17, 15) is 20.0 Å². The summed E-state index contributed by atoms with van der Waals surface area (Å²) in [5.41, 5.74) is 5.07. The largest absolute Gasteiger partial charge is 0.504 e. The Hall–Kier alpha value is -4.43. The molecule has 0 aromatic heterocycles. The van der Waals surface area contributed by atoms with E-state index in [0.717, 1.165) is 16.8 Å². The Morgan fingerprint density at radius 3 is 2.59 bits per heavy atom. The van der Waals surface area contributed by atoms with Gasteiger partial charge in [-0.05, 0) is 44.5 Å². The summed E-state index contributed by atoms with van der Waals surface area (Å²) in [4.78, 5) is 28.6. The molecule has 1 amide bonds. The number of likely N-dealkylation sites (N-methyl/N-ethyl adjacent to an activating group) is 1. The number of methoxy groups -OCH3 is 1. The number of rotatable bonds is 4. The molecule has 0 aliphatic carbocycles. The molecule has 11 heteroatoms. The molecule has 0 unspecified atom stereocenters. The third kappa shape index (κ3) is 3.81. The summed E-state index contributed by atoms with van der Waals surface area (Å²) in [6, 6.07) is 2.72. The van der Waals surface area contributed by atoms with Crippen molar-refractivity contribution < 1.29 is 33.6 Å². The number of hydrogen-bond donors (Lipinski definition) is 2. The van der Waals surface area contributed by atoms with Gasteiger partial charge in [-0.15, -0.1) is 0 Å². The van der Waals surface area contributed by atoms with Gasteiger partial charge in [0.15, 0.2) is 23.0 Å². The van der Waals surface area contributed by atoms with E-state index in [1.165, 1.54) is 21.0 Å². The van der Waals surface area contributed by atoms with Gasteiger partial charge in [0.25, 0.3) is 0 Å². The van der Waals surface area contributed by atoms with Gasteiger partial charge in [0.05, 0.1) is 25.3 Å². The number of benzene rings is 2. The van der Waals surface area contributed by atoms with Crippen LogP contribution in [0, 0.1) is 25.2 Å². The molecule has 214 valence electrons. The molecule has 4 aliphatic rings. The SMILES string of the molecule is COc1c(C)cc2c(c1O)[C@@H]1C3=Cc4c(OC(C)=O)c(C)c5c(c4[C@H](CNC(C)=O)N3[C@@H](C#N)[C@H](C2)N1C)OCO5. The Balaban J connectivity index is 1.68. The maximum atomic E-state index is 12.3. The van der Waals surface area contributed by atoms with Crippen molar-refractivity contribution >= 4 is 18.0 Å². The van der Waals surface area contributed by atoms with Crippen molar-refractivity contribution in [3.63, 3.8) is 0 Å². The lowest BCUT2D eigenvalue weighted by Gasteiger charge is -2.57. The van der Waals surface area contributed by atoms with Crippen LogP contribution in [0.5, 0.6) is 28.7 Å². The second-order valence-corrected chi connectivity index (χ2v) is 10.9. The van der Waals surface area contributed by atoms with Crippen LogP contribution in [0.2, 0.25) is 0 Å². The Morgan fingerprint density at radius 2 is 1.93 bits per heavy atom. The standard InChI is InChI=1S/C30H32N4O7/c1-13-7-17-8-19-21(10-31)34-20(25(33(19)5)23(17)26(37)27(13)38-6)9-18-24(22(34)11-32-15(3)35)30-29(39-12-40-30)14(2)28(18)41-16(4)36/h7,9,19,21-22,25,37H,8,11-12H2,1-6H3,(H,32,35)/t19-,21-,22-,25-/m0/s1.